The number of hydrogen-bond acceptors (Lipinski definition) is 8. The van der Waals surface area contributed by atoms with E-state index in [4.69, 9.17) is 9.47 Å². The van der Waals surface area contributed by atoms with Gasteiger partial charge in [-0.15, -0.1) is 0 Å². The molecule has 0 saturated carbocycles. The predicted octanol–water partition coefficient (Wildman–Crippen LogP) is 3.74. The van der Waals surface area contributed by atoms with Crippen LogP contribution in [0.5, 0.6) is 11.5 Å². The van der Waals surface area contributed by atoms with Crippen molar-refractivity contribution in [3.05, 3.63) is 81.2 Å². The Labute approximate surface area is 201 Å². The Bertz CT molecular complexity index is 1300. The Morgan fingerprint density at radius 1 is 1.14 bits per heavy atom. The number of amides is 1. The molecule has 1 N–H and O–H groups in total. The maximum Gasteiger partial charge on any atom is 0.343 e. The van der Waals surface area contributed by atoms with Gasteiger partial charge >= 0.3 is 11.7 Å². The van der Waals surface area contributed by atoms with Crippen molar-refractivity contribution in [3.63, 3.8) is 0 Å². The zero-order valence-corrected chi connectivity index (χ0v) is 19.9. The Balaban J connectivity index is 1.75. The number of ether oxygens (including phenoxy) is 2. The topological polar surface area (TPSA) is 138 Å². The Morgan fingerprint density at radius 3 is 2.40 bits per heavy atom. The summed E-state index contributed by atoms with van der Waals surface area (Å²) in [7, 11) is 1.53. The van der Waals surface area contributed by atoms with E-state index in [0.717, 1.165) is 0 Å². The van der Waals surface area contributed by atoms with Crippen LogP contribution in [0.3, 0.4) is 0 Å². The number of aromatic nitrogens is 2. The lowest BCUT2D eigenvalue weighted by Crippen LogP contribution is -2.29. The summed E-state index contributed by atoms with van der Waals surface area (Å²) >= 11 is 0. The lowest BCUT2D eigenvalue weighted by molar-refractivity contribution is -0.386. The molecule has 3 rings (SSSR count). The molecule has 1 heterocycles. The number of nitro groups is 1. The van der Waals surface area contributed by atoms with Gasteiger partial charge in [0.15, 0.2) is 0 Å². The van der Waals surface area contributed by atoms with Gasteiger partial charge in [0.2, 0.25) is 0 Å². The van der Waals surface area contributed by atoms with E-state index in [1.54, 1.807) is 62.4 Å². The summed E-state index contributed by atoms with van der Waals surface area (Å²) < 4.78 is 11.9. The Kier molecular flexibility index (Phi) is 7.59. The maximum atomic E-state index is 12.7. The molecule has 3 aromatic rings. The van der Waals surface area contributed by atoms with Gasteiger partial charge in [0, 0.05) is 5.56 Å². The number of carbonyl (C=O) groups is 2. The smallest absolute Gasteiger partial charge is 0.343 e. The number of benzene rings is 2. The van der Waals surface area contributed by atoms with E-state index in [1.807, 2.05) is 0 Å². The normalized spacial score (nSPS) is 12.1. The second kappa shape index (κ2) is 10.6. The third-order valence-electron chi connectivity index (χ3n) is 5.35. The summed E-state index contributed by atoms with van der Waals surface area (Å²) in [5.74, 6) is -0.190. The molecule has 0 aliphatic rings. The minimum atomic E-state index is -0.845. The fourth-order valence-electron chi connectivity index (χ4n) is 3.44. The number of rotatable bonds is 8. The van der Waals surface area contributed by atoms with Crippen LogP contribution in [0.25, 0.3) is 0 Å². The number of para-hydroxylation sites is 1. The molecular formula is C24H25N5O6. The summed E-state index contributed by atoms with van der Waals surface area (Å²) in [6, 6.07) is 12.4. The van der Waals surface area contributed by atoms with E-state index in [1.165, 1.54) is 25.6 Å². The van der Waals surface area contributed by atoms with Crippen molar-refractivity contribution >= 4 is 23.3 Å². The van der Waals surface area contributed by atoms with Gasteiger partial charge in [-0.2, -0.15) is 10.2 Å². The molecule has 0 radical (unpaired) electrons. The van der Waals surface area contributed by atoms with Crippen molar-refractivity contribution in [2.45, 2.75) is 33.7 Å². The van der Waals surface area contributed by atoms with Gasteiger partial charge in [0.1, 0.15) is 28.9 Å². The van der Waals surface area contributed by atoms with Crippen LogP contribution in [0.1, 0.15) is 47.2 Å². The Hall–Kier alpha value is -4.54. The van der Waals surface area contributed by atoms with Crippen molar-refractivity contribution in [1.29, 1.82) is 0 Å². The number of hydrazone groups is 1. The first-order valence-corrected chi connectivity index (χ1v) is 10.6. The van der Waals surface area contributed by atoms with Crippen LogP contribution < -0.4 is 14.9 Å². The van der Waals surface area contributed by atoms with E-state index >= 15 is 0 Å². The van der Waals surface area contributed by atoms with Gasteiger partial charge in [-0.3, -0.25) is 19.6 Å². The molecule has 0 aliphatic carbocycles. The number of carbonyl (C=O) groups excluding carboxylic acids is 2. The molecule has 35 heavy (non-hydrogen) atoms. The molecule has 0 fully saturated rings. The highest BCUT2D eigenvalue weighted by Gasteiger charge is 2.27. The number of aryl methyl sites for hydroxylation is 1. The van der Waals surface area contributed by atoms with E-state index in [2.05, 4.69) is 15.6 Å². The van der Waals surface area contributed by atoms with Gasteiger partial charge in [0.05, 0.1) is 23.3 Å². The number of esters is 1. The second-order valence-electron chi connectivity index (χ2n) is 7.68. The van der Waals surface area contributed by atoms with Gasteiger partial charge in [-0.25, -0.2) is 10.2 Å². The van der Waals surface area contributed by atoms with Crippen LogP contribution in [0.2, 0.25) is 0 Å². The van der Waals surface area contributed by atoms with E-state index in [9.17, 15) is 19.7 Å². The third-order valence-corrected chi connectivity index (χ3v) is 5.35. The van der Waals surface area contributed by atoms with Gasteiger partial charge in [-0.05, 0) is 64.1 Å². The van der Waals surface area contributed by atoms with Crippen molar-refractivity contribution in [2.75, 3.05) is 7.11 Å². The zero-order valence-electron chi connectivity index (χ0n) is 19.9. The summed E-state index contributed by atoms with van der Waals surface area (Å²) in [5.41, 5.74) is 4.06. The lowest BCUT2D eigenvalue weighted by atomic mass is 10.1. The largest absolute Gasteiger partial charge is 0.497 e. The fourth-order valence-corrected chi connectivity index (χ4v) is 3.44. The first-order valence-electron chi connectivity index (χ1n) is 10.6. The van der Waals surface area contributed by atoms with Crippen LogP contribution in [0.15, 0.2) is 53.6 Å². The van der Waals surface area contributed by atoms with Gasteiger partial charge < -0.3 is 9.47 Å². The minimum absolute atomic E-state index is 0.128. The first-order chi connectivity index (χ1) is 16.6. The van der Waals surface area contributed by atoms with Gasteiger partial charge in [0.25, 0.3) is 5.91 Å². The number of hydrogen-bond donors (Lipinski definition) is 1. The van der Waals surface area contributed by atoms with Gasteiger partial charge in [-0.1, -0.05) is 12.1 Å². The number of nitrogens with zero attached hydrogens (tertiary/aromatic N) is 4. The molecule has 0 spiro atoms. The van der Waals surface area contributed by atoms with Crippen LogP contribution in [-0.2, 0) is 4.79 Å². The molecule has 0 bridgehead atoms. The minimum Gasteiger partial charge on any atom is -0.497 e. The molecule has 1 aromatic heterocycles. The third kappa shape index (κ3) is 5.52. The fraction of sp³-hybridized carbons (Fsp3) is 0.250. The molecule has 1 unspecified atom stereocenters. The van der Waals surface area contributed by atoms with E-state index < -0.39 is 22.8 Å². The zero-order chi connectivity index (χ0) is 25.7. The van der Waals surface area contributed by atoms with Crippen molar-refractivity contribution in [1.82, 2.24) is 15.2 Å². The SMILES string of the molecule is COc1ccc(C(=O)Oc2ccccc2C(C)=NNC(=O)C(C)n2nc(C)c([N+](=O)[O-])c2C)cc1. The lowest BCUT2D eigenvalue weighted by Gasteiger charge is -2.13. The highest BCUT2D eigenvalue weighted by atomic mass is 16.6. The molecule has 1 amide bonds. The quantitative estimate of drug-likeness (QED) is 0.171. The van der Waals surface area contributed by atoms with Crippen LogP contribution in [-0.4, -0.2) is 39.4 Å². The predicted molar refractivity (Wildman–Crippen MR) is 128 cm³/mol. The van der Waals surface area contributed by atoms with E-state index in [-0.39, 0.29) is 22.8 Å². The Morgan fingerprint density at radius 2 is 1.80 bits per heavy atom. The van der Waals surface area contributed by atoms with Crippen LogP contribution in [0.4, 0.5) is 5.69 Å². The summed E-state index contributed by atoms with van der Waals surface area (Å²) in [6.07, 6.45) is 0. The molecule has 0 saturated heterocycles. The molecule has 11 heteroatoms. The highest BCUT2D eigenvalue weighted by Crippen LogP contribution is 2.25. The summed E-state index contributed by atoms with van der Waals surface area (Å²) in [6.45, 7) is 6.26. The number of methoxy groups -OCH3 is 1. The molecule has 1 atom stereocenters. The summed E-state index contributed by atoms with van der Waals surface area (Å²) in [5, 5.41) is 19.5. The first kappa shape index (κ1) is 25.1. The molecular weight excluding hydrogens is 454 g/mol. The monoisotopic (exact) mass is 479 g/mol. The molecule has 11 nitrogen and oxygen atoms in total. The highest BCUT2D eigenvalue weighted by molar-refractivity contribution is 6.03. The molecule has 0 aliphatic heterocycles. The molecule has 2 aromatic carbocycles. The van der Waals surface area contributed by atoms with Crippen molar-refractivity contribution < 1.29 is 24.0 Å². The van der Waals surface area contributed by atoms with Crippen LogP contribution in [0, 0.1) is 24.0 Å². The average molecular weight is 479 g/mol. The van der Waals surface area contributed by atoms with E-state index in [0.29, 0.717) is 22.6 Å². The average Bonchev–Trinajstić information content (AvgIpc) is 3.15. The second-order valence-corrected chi connectivity index (χ2v) is 7.68. The maximum absolute atomic E-state index is 12.7. The van der Waals surface area contributed by atoms with Crippen molar-refractivity contribution in [2.24, 2.45) is 5.10 Å². The molecule has 182 valence electrons. The van der Waals surface area contributed by atoms with Crippen LogP contribution >= 0.6 is 0 Å². The summed E-state index contributed by atoms with van der Waals surface area (Å²) in [4.78, 5) is 36.0. The van der Waals surface area contributed by atoms with Crippen molar-refractivity contribution in [3.8, 4) is 11.5 Å². The number of nitrogens with one attached hydrogen (secondary N) is 1. The standard InChI is InChI=1S/C24H25N5O6/c1-14(25-26-23(30)17(4)28-16(3)22(29(32)33)15(2)27-28)20-8-6-7-9-21(20)35-24(31)18-10-12-19(34-5)13-11-18/h6-13,17H,1-5H3,(H,26,30).